The summed E-state index contributed by atoms with van der Waals surface area (Å²) in [6, 6.07) is 13.6. The number of ether oxygens (including phenoxy) is 1. The van der Waals surface area contributed by atoms with Crippen LogP contribution in [0.25, 0.3) is 0 Å². The quantitative estimate of drug-likeness (QED) is 0.298. The first-order valence-electron chi connectivity index (χ1n) is 10.6. The molecule has 11 nitrogen and oxygen atoms in total. The lowest BCUT2D eigenvalue weighted by Gasteiger charge is -2.26. The Morgan fingerprint density at radius 3 is 2.48 bits per heavy atom. The second-order valence-corrected chi connectivity index (χ2v) is 7.37. The molecule has 0 bridgehead atoms. The maximum atomic E-state index is 10.9. The van der Waals surface area contributed by atoms with Gasteiger partial charge in [-0.15, -0.1) is 0 Å². The molecule has 2 N–H and O–H groups in total. The Morgan fingerprint density at radius 1 is 1.03 bits per heavy atom. The number of nitrogens with one attached hydrogen (secondary N) is 2. The fraction of sp³-hybridized carbons (Fsp3) is 0.273. The van der Waals surface area contributed by atoms with Crippen molar-refractivity contribution in [2.45, 2.75) is 19.3 Å². The van der Waals surface area contributed by atoms with Crippen LogP contribution < -0.4 is 20.4 Å². The summed E-state index contributed by atoms with van der Waals surface area (Å²) in [5.74, 6) is 1.84. The predicted octanol–water partition coefficient (Wildman–Crippen LogP) is 3.97. The number of non-ortho nitro benzene ring substituents is 1. The van der Waals surface area contributed by atoms with E-state index in [4.69, 9.17) is 4.74 Å². The minimum absolute atomic E-state index is 0.0123. The third kappa shape index (κ3) is 5.70. The molecule has 0 aliphatic carbocycles. The Bertz CT molecular complexity index is 1130. The summed E-state index contributed by atoms with van der Waals surface area (Å²) in [4.78, 5) is 26.0. The number of nitrogens with zero attached hydrogens (tertiary/aromatic N) is 6. The standard InChI is InChI=1S/C22H24N8O3/c1-33-19-8-4-3-7-16(19)15-23-28-21-25-20(24-17-9-11-18(12-10-17)30(31)32)26-22(27-21)29-13-5-2-6-14-29/h3-4,7-12,15H,2,5-6,13-14H2,1H3,(H2,24,25,26,27,28)/b23-15+. The number of hydrazone groups is 1. The van der Waals surface area contributed by atoms with E-state index >= 15 is 0 Å². The average Bonchev–Trinajstić information content (AvgIpc) is 2.85. The van der Waals surface area contributed by atoms with Crippen molar-refractivity contribution in [3.63, 3.8) is 0 Å². The van der Waals surface area contributed by atoms with E-state index < -0.39 is 4.92 Å². The lowest BCUT2D eigenvalue weighted by Crippen LogP contribution is -2.31. The van der Waals surface area contributed by atoms with E-state index in [1.54, 1.807) is 25.5 Å². The van der Waals surface area contributed by atoms with Crippen LogP contribution in [-0.4, -0.2) is 46.3 Å². The topological polar surface area (TPSA) is 131 Å². The maximum Gasteiger partial charge on any atom is 0.269 e. The minimum Gasteiger partial charge on any atom is -0.496 e. The van der Waals surface area contributed by atoms with Gasteiger partial charge in [-0.2, -0.15) is 20.1 Å². The van der Waals surface area contributed by atoms with Gasteiger partial charge in [0, 0.05) is 36.5 Å². The van der Waals surface area contributed by atoms with Gasteiger partial charge < -0.3 is 15.0 Å². The Hall–Kier alpha value is -4.28. The van der Waals surface area contributed by atoms with Crippen LogP contribution >= 0.6 is 0 Å². The molecular formula is C22H24N8O3. The number of para-hydroxylation sites is 1. The highest BCUT2D eigenvalue weighted by atomic mass is 16.6. The third-order valence-corrected chi connectivity index (χ3v) is 5.10. The lowest BCUT2D eigenvalue weighted by molar-refractivity contribution is -0.384. The smallest absolute Gasteiger partial charge is 0.269 e. The van der Waals surface area contributed by atoms with Gasteiger partial charge in [0.2, 0.25) is 17.8 Å². The average molecular weight is 448 g/mol. The molecule has 2 aromatic carbocycles. The van der Waals surface area contributed by atoms with Gasteiger partial charge in [0.05, 0.1) is 18.2 Å². The minimum atomic E-state index is -0.442. The Balaban J connectivity index is 1.57. The molecule has 1 aliphatic heterocycles. The highest BCUT2D eigenvalue weighted by Gasteiger charge is 2.16. The number of anilines is 4. The van der Waals surface area contributed by atoms with Gasteiger partial charge >= 0.3 is 0 Å². The van der Waals surface area contributed by atoms with Crippen LogP contribution in [0.5, 0.6) is 5.75 Å². The summed E-state index contributed by atoms with van der Waals surface area (Å²) < 4.78 is 5.34. The molecule has 1 saturated heterocycles. The van der Waals surface area contributed by atoms with Gasteiger partial charge in [-0.3, -0.25) is 10.1 Å². The SMILES string of the molecule is COc1ccccc1/C=N/Nc1nc(Nc2ccc([N+](=O)[O-])cc2)nc(N2CCCCC2)n1. The Morgan fingerprint density at radius 2 is 1.76 bits per heavy atom. The van der Waals surface area contributed by atoms with E-state index in [1.807, 2.05) is 24.3 Å². The molecule has 4 rings (SSSR count). The Kier molecular flexibility index (Phi) is 6.88. The number of hydrogen-bond donors (Lipinski definition) is 2. The summed E-state index contributed by atoms with van der Waals surface area (Å²) in [6.07, 6.45) is 4.97. The normalized spacial score (nSPS) is 13.7. The van der Waals surface area contributed by atoms with Crippen LogP contribution in [-0.2, 0) is 0 Å². The predicted molar refractivity (Wildman–Crippen MR) is 126 cm³/mol. The second kappa shape index (κ2) is 10.4. The maximum absolute atomic E-state index is 10.9. The first kappa shape index (κ1) is 21.9. The molecule has 0 saturated carbocycles. The summed E-state index contributed by atoms with van der Waals surface area (Å²) in [5, 5.41) is 18.2. The van der Waals surface area contributed by atoms with Gasteiger partial charge in [-0.1, -0.05) is 12.1 Å². The summed E-state index contributed by atoms with van der Waals surface area (Å²) in [7, 11) is 1.60. The summed E-state index contributed by atoms with van der Waals surface area (Å²) >= 11 is 0. The zero-order valence-corrected chi connectivity index (χ0v) is 18.1. The molecule has 170 valence electrons. The van der Waals surface area contributed by atoms with Crippen LogP contribution in [0, 0.1) is 10.1 Å². The molecule has 3 aromatic rings. The number of piperidine rings is 1. The molecule has 1 aliphatic rings. The van der Waals surface area contributed by atoms with Gasteiger partial charge in [-0.25, -0.2) is 5.43 Å². The molecule has 1 aromatic heterocycles. The number of rotatable bonds is 8. The van der Waals surface area contributed by atoms with E-state index in [-0.39, 0.29) is 11.6 Å². The monoisotopic (exact) mass is 448 g/mol. The van der Waals surface area contributed by atoms with Crippen molar-refractivity contribution >= 4 is 35.4 Å². The molecular weight excluding hydrogens is 424 g/mol. The number of hydrogen-bond acceptors (Lipinski definition) is 10. The molecule has 0 atom stereocenters. The molecule has 0 amide bonds. The van der Waals surface area contributed by atoms with E-state index in [9.17, 15) is 10.1 Å². The van der Waals surface area contributed by atoms with Crippen LogP contribution in [0.2, 0.25) is 0 Å². The van der Waals surface area contributed by atoms with Crippen molar-refractivity contribution in [2.75, 3.05) is 35.8 Å². The molecule has 33 heavy (non-hydrogen) atoms. The van der Waals surface area contributed by atoms with Gasteiger partial charge in [0.15, 0.2) is 0 Å². The van der Waals surface area contributed by atoms with Crippen LogP contribution in [0.4, 0.5) is 29.2 Å². The largest absolute Gasteiger partial charge is 0.496 e. The van der Waals surface area contributed by atoms with Crippen molar-refractivity contribution < 1.29 is 9.66 Å². The van der Waals surface area contributed by atoms with Gasteiger partial charge in [-0.05, 0) is 43.5 Å². The van der Waals surface area contributed by atoms with Crippen LogP contribution in [0.15, 0.2) is 53.6 Å². The fourth-order valence-electron chi connectivity index (χ4n) is 3.43. The highest BCUT2D eigenvalue weighted by Crippen LogP contribution is 2.22. The summed E-state index contributed by atoms with van der Waals surface area (Å²) in [6.45, 7) is 1.73. The first-order chi connectivity index (χ1) is 16.1. The van der Waals surface area contributed by atoms with E-state index in [1.165, 1.54) is 18.6 Å². The molecule has 2 heterocycles. The molecule has 11 heteroatoms. The zero-order valence-electron chi connectivity index (χ0n) is 18.1. The van der Waals surface area contributed by atoms with Crippen LogP contribution in [0.3, 0.4) is 0 Å². The molecule has 0 radical (unpaired) electrons. The van der Waals surface area contributed by atoms with Crippen molar-refractivity contribution in [1.29, 1.82) is 0 Å². The van der Waals surface area contributed by atoms with E-state index in [0.717, 1.165) is 31.5 Å². The van der Waals surface area contributed by atoms with Crippen molar-refractivity contribution in [3.8, 4) is 5.75 Å². The number of nitro benzene ring substituents is 1. The van der Waals surface area contributed by atoms with Crippen molar-refractivity contribution in [3.05, 3.63) is 64.2 Å². The molecule has 1 fully saturated rings. The van der Waals surface area contributed by atoms with Gasteiger partial charge in [0.25, 0.3) is 5.69 Å². The summed E-state index contributed by atoms with van der Waals surface area (Å²) in [5.41, 5.74) is 4.31. The highest BCUT2D eigenvalue weighted by molar-refractivity contribution is 5.83. The number of nitro groups is 1. The number of aromatic nitrogens is 3. The van der Waals surface area contributed by atoms with Gasteiger partial charge in [0.1, 0.15) is 5.75 Å². The lowest BCUT2D eigenvalue weighted by atomic mass is 10.1. The first-order valence-corrected chi connectivity index (χ1v) is 10.6. The molecule has 0 spiro atoms. The molecule has 0 unspecified atom stereocenters. The van der Waals surface area contributed by atoms with Crippen molar-refractivity contribution in [1.82, 2.24) is 15.0 Å². The number of benzene rings is 2. The second-order valence-electron chi connectivity index (χ2n) is 7.37. The van der Waals surface area contributed by atoms with Crippen molar-refractivity contribution in [2.24, 2.45) is 5.10 Å². The zero-order chi connectivity index (χ0) is 23.0. The van der Waals surface area contributed by atoms with E-state index in [2.05, 4.69) is 35.7 Å². The fourth-order valence-corrected chi connectivity index (χ4v) is 3.43. The third-order valence-electron chi connectivity index (χ3n) is 5.10. The number of methoxy groups -OCH3 is 1. The van der Waals surface area contributed by atoms with Crippen LogP contribution in [0.1, 0.15) is 24.8 Å². The van der Waals surface area contributed by atoms with E-state index in [0.29, 0.717) is 23.3 Å². The Labute approximate surface area is 190 Å².